The maximum atomic E-state index is 12.4. The number of aromatic hydroxyl groups is 1. The Bertz CT molecular complexity index is 620. The molecular formula is C19H28N4O3. The van der Waals surface area contributed by atoms with Gasteiger partial charge in [-0.05, 0) is 44.0 Å². The largest absolute Gasteiger partial charge is 0.508 e. The Morgan fingerprint density at radius 1 is 1.08 bits per heavy atom. The zero-order valence-corrected chi connectivity index (χ0v) is 15.3. The number of hydrogen-bond acceptors (Lipinski definition) is 5. The van der Waals surface area contributed by atoms with Crippen molar-refractivity contribution in [3.05, 3.63) is 24.3 Å². The summed E-state index contributed by atoms with van der Waals surface area (Å²) in [6, 6.07) is 6.64. The first-order chi connectivity index (χ1) is 12.5. The second-order valence-corrected chi connectivity index (χ2v) is 7.16. The molecule has 1 saturated heterocycles. The molecular weight excluding hydrogens is 332 g/mol. The molecule has 2 aliphatic rings. The van der Waals surface area contributed by atoms with Gasteiger partial charge in [0.1, 0.15) is 5.75 Å². The average molecular weight is 360 g/mol. The van der Waals surface area contributed by atoms with Crippen LogP contribution in [0.25, 0.3) is 0 Å². The van der Waals surface area contributed by atoms with Crippen LogP contribution < -0.4 is 15.5 Å². The summed E-state index contributed by atoms with van der Waals surface area (Å²) in [6.07, 6.45) is 4.27. The van der Waals surface area contributed by atoms with Crippen LogP contribution in [0.3, 0.4) is 0 Å². The molecule has 1 aromatic rings. The number of benzene rings is 1. The van der Waals surface area contributed by atoms with E-state index in [1.807, 2.05) is 19.1 Å². The number of carbonyl (C=O) groups is 2. The van der Waals surface area contributed by atoms with Crippen molar-refractivity contribution in [1.29, 1.82) is 0 Å². The van der Waals surface area contributed by atoms with Crippen LogP contribution in [-0.4, -0.2) is 60.2 Å². The monoisotopic (exact) mass is 360 g/mol. The highest BCUT2D eigenvalue weighted by Gasteiger charge is 2.27. The number of nitrogens with zero attached hydrogens (tertiary/aromatic N) is 2. The van der Waals surface area contributed by atoms with Crippen molar-refractivity contribution in [3.8, 4) is 5.75 Å². The number of hydrogen-bond donors (Lipinski definition) is 3. The van der Waals surface area contributed by atoms with Gasteiger partial charge in [-0.15, -0.1) is 0 Å². The molecule has 3 amide bonds. The minimum Gasteiger partial charge on any atom is -0.508 e. The third kappa shape index (κ3) is 4.66. The Kier molecular flexibility index (Phi) is 5.98. The number of phenols is 1. The highest BCUT2D eigenvalue weighted by Crippen LogP contribution is 2.20. The number of nitrogens with one attached hydrogen (secondary N) is 2. The number of rotatable bonds is 4. The Labute approximate surface area is 154 Å². The van der Waals surface area contributed by atoms with Gasteiger partial charge in [-0.2, -0.15) is 0 Å². The van der Waals surface area contributed by atoms with Crippen LogP contribution in [0.4, 0.5) is 10.5 Å². The summed E-state index contributed by atoms with van der Waals surface area (Å²) in [5.41, 5.74) is 1.07. The van der Waals surface area contributed by atoms with Gasteiger partial charge in [0.25, 0.3) is 0 Å². The van der Waals surface area contributed by atoms with Crippen molar-refractivity contribution in [2.75, 3.05) is 31.1 Å². The topological polar surface area (TPSA) is 84.9 Å². The molecule has 0 radical (unpaired) electrons. The van der Waals surface area contributed by atoms with E-state index in [9.17, 15) is 14.7 Å². The number of piperazine rings is 1. The highest BCUT2D eigenvalue weighted by molar-refractivity contribution is 5.96. The van der Waals surface area contributed by atoms with Gasteiger partial charge >= 0.3 is 6.03 Å². The summed E-state index contributed by atoms with van der Waals surface area (Å²) in [5.74, 6) is 0.00661. The molecule has 1 atom stereocenters. The first-order valence-corrected chi connectivity index (χ1v) is 9.42. The fourth-order valence-electron chi connectivity index (χ4n) is 3.70. The SMILES string of the molecule is CC(C(=O)NC(=O)NC1CCCC1)N1CCN(c2ccc(O)cc2)CC1. The second-order valence-electron chi connectivity index (χ2n) is 7.16. The molecule has 0 spiro atoms. The molecule has 1 aliphatic heterocycles. The number of amides is 3. The normalized spacial score (nSPS) is 20.0. The molecule has 0 bridgehead atoms. The van der Waals surface area contributed by atoms with Crippen molar-refractivity contribution < 1.29 is 14.7 Å². The lowest BCUT2D eigenvalue weighted by Gasteiger charge is -2.38. The Morgan fingerprint density at radius 2 is 1.69 bits per heavy atom. The van der Waals surface area contributed by atoms with E-state index in [2.05, 4.69) is 20.4 Å². The third-order valence-corrected chi connectivity index (χ3v) is 5.38. The fourth-order valence-corrected chi connectivity index (χ4v) is 3.70. The number of carbonyl (C=O) groups excluding carboxylic acids is 2. The minimum atomic E-state index is -0.378. The maximum Gasteiger partial charge on any atom is 0.321 e. The fraction of sp³-hybridized carbons (Fsp3) is 0.579. The molecule has 1 aliphatic carbocycles. The summed E-state index contributed by atoms with van der Waals surface area (Å²) in [5, 5.41) is 14.8. The van der Waals surface area contributed by atoms with E-state index in [0.29, 0.717) is 0 Å². The van der Waals surface area contributed by atoms with Gasteiger partial charge in [0.15, 0.2) is 0 Å². The molecule has 3 rings (SSSR count). The molecule has 0 aromatic heterocycles. The zero-order valence-electron chi connectivity index (χ0n) is 15.3. The van der Waals surface area contributed by atoms with Gasteiger partial charge in [-0.25, -0.2) is 4.79 Å². The molecule has 3 N–H and O–H groups in total. The van der Waals surface area contributed by atoms with Crippen molar-refractivity contribution in [2.45, 2.75) is 44.7 Å². The van der Waals surface area contributed by atoms with Crippen LogP contribution in [0.15, 0.2) is 24.3 Å². The predicted octanol–water partition coefficient (Wildman–Crippen LogP) is 1.67. The molecule has 7 heteroatoms. The summed E-state index contributed by atoms with van der Waals surface area (Å²) >= 11 is 0. The third-order valence-electron chi connectivity index (χ3n) is 5.38. The van der Waals surface area contributed by atoms with E-state index < -0.39 is 0 Å². The van der Waals surface area contributed by atoms with E-state index in [0.717, 1.165) is 57.5 Å². The van der Waals surface area contributed by atoms with E-state index in [1.54, 1.807) is 12.1 Å². The van der Waals surface area contributed by atoms with Gasteiger partial charge in [-0.3, -0.25) is 15.0 Å². The van der Waals surface area contributed by atoms with E-state index in [1.165, 1.54) is 0 Å². The Balaban J connectivity index is 1.44. The van der Waals surface area contributed by atoms with Gasteiger partial charge in [-0.1, -0.05) is 12.8 Å². The first kappa shape index (κ1) is 18.5. The van der Waals surface area contributed by atoms with Crippen molar-refractivity contribution >= 4 is 17.6 Å². The van der Waals surface area contributed by atoms with Crippen LogP contribution in [0.2, 0.25) is 0 Å². The molecule has 26 heavy (non-hydrogen) atoms. The summed E-state index contributed by atoms with van der Waals surface area (Å²) in [6.45, 7) is 4.95. The molecule has 7 nitrogen and oxygen atoms in total. The summed E-state index contributed by atoms with van der Waals surface area (Å²) in [4.78, 5) is 28.7. The van der Waals surface area contributed by atoms with Crippen LogP contribution in [0.5, 0.6) is 5.75 Å². The molecule has 2 fully saturated rings. The van der Waals surface area contributed by atoms with Crippen LogP contribution >= 0.6 is 0 Å². The number of imide groups is 1. The number of phenolic OH excluding ortho intramolecular Hbond substituents is 1. The van der Waals surface area contributed by atoms with E-state index in [-0.39, 0.29) is 29.8 Å². The van der Waals surface area contributed by atoms with E-state index in [4.69, 9.17) is 0 Å². The van der Waals surface area contributed by atoms with E-state index >= 15 is 0 Å². The average Bonchev–Trinajstić information content (AvgIpc) is 3.14. The second kappa shape index (κ2) is 8.40. The lowest BCUT2D eigenvalue weighted by Crippen LogP contribution is -2.56. The number of urea groups is 1. The van der Waals surface area contributed by atoms with Crippen LogP contribution in [0.1, 0.15) is 32.6 Å². The van der Waals surface area contributed by atoms with Gasteiger partial charge in [0, 0.05) is 37.9 Å². The van der Waals surface area contributed by atoms with Crippen LogP contribution in [-0.2, 0) is 4.79 Å². The number of anilines is 1. The van der Waals surface area contributed by atoms with Gasteiger partial charge in [0.05, 0.1) is 6.04 Å². The Morgan fingerprint density at radius 3 is 2.31 bits per heavy atom. The van der Waals surface area contributed by atoms with Gasteiger partial charge < -0.3 is 15.3 Å². The zero-order chi connectivity index (χ0) is 18.5. The predicted molar refractivity (Wildman–Crippen MR) is 100 cm³/mol. The molecule has 1 heterocycles. The van der Waals surface area contributed by atoms with Crippen LogP contribution in [0, 0.1) is 0 Å². The Hall–Kier alpha value is -2.28. The quantitative estimate of drug-likeness (QED) is 0.761. The summed E-state index contributed by atoms with van der Waals surface area (Å²) < 4.78 is 0. The lowest BCUT2D eigenvalue weighted by molar-refractivity contribution is -0.124. The van der Waals surface area contributed by atoms with Gasteiger partial charge in [0.2, 0.25) is 5.91 Å². The molecule has 1 unspecified atom stereocenters. The molecule has 1 aromatic carbocycles. The standard InChI is InChI=1S/C19H28N4O3/c1-14(18(25)21-19(26)20-15-4-2-3-5-15)22-10-12-23(13-11-22)16-6-8-17(24)9-7-16/h6-9,14-15,24H,2-5,10-13H2,1H3,(H2,20,21,25,26). The lowest BCUT2D eigenvalue weighted by atomic mass is 10.2. The smallest absolute Gasteiger partial charge is 0.321 e. The van der Waals surface area contributed by atoms with Crippen molar-refractivity contribution in [1.82, 2.24) is 15.5 Å². The molecule has 1 saturated carbocycles. The highest BCUT2D eigenvalue weighted by atomic mass is 16.3. The van der Waals surface area contributed by atoms with Crippen molar-refractivity contribution in [3.63, 3.8) is 0 Å². The minimum absolute atomic E-state index is 0.201. The first-order valence-electron chi connectivity index (χ1n) is 9.42. The summed E-state index contributed by atoms with van der Waals surface area (Å²) in [7, 11) is 0. The maximum absolute atomic E-state index is 12.4. The van der Waals surface area contributed by atoms with Crippen molar-refractivity contribution in [2.24, 2.45) is 0 Å². The molecule has 142 valence electrons.